The second-order valence-electron chi connectivity index (χ2n) is 4.83. The molecule has 0 fully saturated rings. The van der Waals surface area contributed by atoms with Crippen molar-refractivity contribution in [1.29, 1.82) is 0 Å². The summed E-state index contributed by atoms with van der Waals surface area (Å²) in [5.74, 6) is 0. The third kappa shape index (κ3) is 3.37. The Kier molecular flexibility index (Phi) is 4.59. The Morgan fingerprint density at radius 1 is 1.25 bits per heavy atom. The molecule has 5 heteroatoms. The molecule has 0 aliphatic heterocycles. The Morgan fingerprint density at radius 3 is 2.25 bits per heavy atom. The molecule has 0 heterocycles. The van der Waals surface area contributed by atoms with Crippen LogP contribution in [-0.4, -0.2) is 12.5 Å². The fourth-order valence-electron chi connectivity index (χ4n) is 1.47. The highest BCUT2D eigenvalue weighted by molar-refractivity contribution is 9.10. The van der Waals surface area contributed by atoms with Crippen LogP contribution in [0.1, 0.15) is 11.6 Å². The van der Waals surface area contributed by atoms with Crippen molar-refractivity contribution in [3.05, 3.63) is 46.3 Å². The molecule has 0 saturated carbocycles. The Bertz CT molecular complexity index is 382. The lowest BCUT2D eigenvalue weighted by Crippen LogP contribution is -2.37. The molecular formula is C11H16BrN3Si. The van der Waals surface area contributed by atoms with Crippen LogP contribution in [0.5, 0.6) is 0 Å². The summed E-state index contributed by atoms with van der Waals surface area (Å²) in [4.78, 5) is 2.96. The Morgan fingerprint density at radius 2 is 1.81 bits per heavy atom. The van der Waals surface area contributed by atoms with Crippen molar-refractivity contribution in [2.45, 2.75) is 30.1 Å². The van der Waals surface area contributed by atoms with Gasteiger partial charge in [-0.2, -0.15) is 0 Å². The zero-order valence-electron chi connectivity index (χ0n) is 9.76. The molecular weight excluding hydrogens is 282 g/mol. The molecule has 0 N–H and O–H groups in total. The quantitative estimate of drug-likeness (QED) is 0.255. The molecule has 0 bridgehead atoms. The number of benzene rings is 1. The Labute approximate surface area is 106 Å². The van der Waals surface area contributed by atoms with Gasteiger partial charge in [-0.25, -0.2) is 0 Å². The number of halogens is 1. The van der Waals surface area contributed by atoms with Crippen molar-refractivity contribution in [2.24, 2.45) is 5.11 Å². The fourth-order valence-corrected chi connectivity index (χ4v) is 3.09. The van der Waals surface area contributed by atoms with E-state index in [1.807, 2.05) is 30.3 Å². The molecule has 1 rings (SSSR count). The van der Waals surface area contributed by atoms with Crippen molar-refractivity contribution in [1.82, 2.24) is 0 Å². The van der Waals surface area contributed by atoms with Gasteiger partial charge in [0, 0.05) is 9.36 Å². The van der Waals surface area contributed by atoms with Crippen molar-refractivity contribution in [3.63, 3.8) is 0 Å². The molecule has 86 valence electrons. The maximum absolute atomic E-state index is 8.67. The van der Waals surface area contributed by atoms with Gasteiger partial charge in [0.2, 0.25) is 0 Å². The molecule has 2 atom stereocenters. The number of hydrogen-bond donors (Lipinski definition) is 0. The summed E-state index contributed by atoms with van der Waals surface area (Å²) >= 11 is 3.70. The first-order valence-corrected chi connectivity index (χ1v) is 9.69. The minimum atomic E-state index is -1.39. The third-order valence-electron chi connectivity index (χ3n) is 2.42. The predicted octanol–water partition coefficient (Wildman–Crippen LogP) is 4.68. The first kappa shape index (κ1) is 13.3. The van der Waals surface area contributed by atoms with Crippen LogP contribution in [0.3, 0.4) is 0 Å². The second kappa shape index (κ2) is 5.52. The molecule has 1 aromatic carbocycles. The van der Waals surface area contributed by atoms with E-state index in [1.165, 1.54) is 0 Å². The lowest BCUT2D eigenvalue weighted by molar-refractivity contribution is 0.775. The van der Waals surface area contributed by atoms with Gasteiger partial charge < -0.3 is 0 Å². The number of hydrogen-bond acceptors (Lipinski definition) is 1. The van der Waals surface area contributed by atoms with Crippen LogP contribution in [-0.2, 0) is 0 Å². The van der Waals surface area contributed by atoms with Gasteiger partial charge in [-0.15, -0.1) is 0 Å². The normalized spacial score (nSPS) is 15.0. The summed E-state index contributed by atoms with van der Waals surface area (Å²) < 4.78 is 0.248. The molecule has 0 radical (unpaired) electrons. The molecule has 0 aliphatic rings. The fraction of sp³-hybridized carbons (Fsp3) is 0.455. The van der Waals surface area contributed by atoms with E-state index in [1.54, 1.807) is 0 Å². The van der Waals surface area contributed by atoms with Gasteiger partial charge >= 0.3 is 0 Å². The molecule has 0 aromatic heterocycles. The number of nitrogens with zero attached hydrogens (tertiary/aromatic N) is 3. The SMILES string of the molecule is C[Si](C)(C)[C@H](Br)[C@@H](N=[N+]=[N-])c1ccccc1. The van der Waals surface area contributed by atoms with Gasteiger partial charge in [0.05, 0.1) is 14.1 Å². The molecule has 0 aliphatic carbocycles. The number of azide groups is 1. The van der Waals surface area contributed by atoms with Gasteiger partial charge in [-0.1, -0.05) is 71.0 Å². The van der Waals surface area contributed by atoms with Crippen molar-refractivity contribution < 1.29 is 0 Å². The van der Waals surface area contributed by atoms with E-state index in [2.05, 4.69) is 45.6 Å². The van der Waals surface area contributed by atoms with Crippen LogP contribution in [0.15, 0.2) is 35.4 Å². The average Bonchev–Trinajstić information content (AvgIpc) is 2.25. The van der Waals surface area contributed by atoms with Gasteiger partial charge in [-0.05, 0) is 11.1 Å². The predicted molar refractivity (Wildman–Crippen MR) is 74.4 cm³/mol. The topological polar surface area (TPSA) is 48.8 Å². The van der Waals surface area contributed by atoms with E-state index in [0.717, 1.165) is 5.56 Å². The summed E-state index contributed by atoms with van der Waals surface area (Å²) in [5.41, 5.74) is 9.74. The lowest BCUT2D eigenvalue weighted by Gasteiger charge is -2.28. The van der Waals surface area contributed by atoms with Crippen LogP contribution in [0.2, 0.25) is 19.6 Å². The second-order valence-corrected chi connectivity index (χ2v) is 12.0. The van der Waals surface area contributed by atoms with Crippen LogP contribution < -0.4 is 0 Å². The van der Waals surface area contributed by atoms with E-state index in [0.29, 0.717) is 0 Å². The van der Waals surface area contributed by atoms with Crippen LogP contribution >= 0.6 is 15.9 Å². The minimum Gasteiger partial charge on any atom is -0.0917 e. The van der Waals surface area contributed by atoms with Gasteiger partial charge in [-0.3, -0.25) is 0 Å². The summed E-state index contributed by atoms with van der Waals surface area (Å²) in [6, 6.07) is 9.81. The summed E-state index contributed by atoms with van der Waals surface area (Å²) in [5, 5.41) is 3.93. The average molecular weight is 298 g/mol. The number of rotatable bonds is 4. The lowest BCUT2D eigenvalue weighted by atomic mass is 10.1. The highest BCUT2D eigenvalue weighted by atomic mass is 79.9. The molecule has 1 aromatic rings. The highest BCUT2D eigenvalue weighted by Gasteiger charge is 2.31. The molecule has 0 spiro atoms. The van der Waals surface area contributed by atoms with Gasteiger partial charge in [0.1, 0.15) is 0 Å². The monoisotopic (exact) mass is 297 g/mol. The summed E-state index contributed by atoms with van der Waals surface area (Å²) in [7, 11) is -1.39. The van der Waals surface area contributed by atoms with Gasteiger partial charge in [0.25, 0.3) is 0 Å². The smallest absolute Gasteiger partial charge is 0.0725 e. The van der Waals surface area contributed by atoms with E-state index in [4.69, 9.17) is 5.53 Å². The molecule has 0 unspecified atom stereocenters. The zero-order valence-corrected chi connectivity index (χ0v) is 12.3. The zero-order chi connectivity index (χ0) is 12.2. The van der Waals surface area contributed by atoms with E-state index in [-0.39, 0.29) is 10.5 Å². The molecule has 0 amide bonds. The highest BCUT2D eigenvalue weighted by Crippen LogP contribution is 2.33. The summed E-state index contributed by atoms with van der Waals surface area (Å²) in [6.45, 7) is 6.78. The van der Waals surface area contributed by atoms with Crippen LogP contribution in [0.4, 0.5) is 0 Å². The Balaban J connectivity index is 3.06. The van der Waals surface area contributed by atoms with Crippen LogP contribution in [0.25, 0.3) is 10.4 Å². The molecule has 3 nitrogen and oxygen atoms in total. The standard InChI is InChI=1S/C11H16BrN3Si/c1-16(2,3)11(12)10(14-15-13)9-7-5-4-6-8-9/h4-8,10-11H,1-3H3/t10-,11-/m0/s1. The number of alkyl halides is 1. The minimum absolute atomic E-state index is 0.113. The van der Waals surface area contributed by atoms with E-state index >= 15 is 0 Å². The molecule has 16 heavy (non-hydrogen) atoms. The summed E-state index contributed by atoms with van der Waals surface area (Å²) in [6.07, 6.45) is 0. The molecule has 0 saturated heterocycles. The van der Waals surface area contributed by atoms with Crippen molar-refractivity contribution in [3.8, 4) is 0 Å². The van der Waals surface area contributed by atoms with Crippen LogP contribution in [0, 0.1) is 0 Å². The maximum Gasteiger partial charge on any atom is 0.0725 e. The maximum atomic E-state index is 8.67. The van der Waals surface area contributed by atoms with E-state index < -0.39 is 8.07 Å². The van der Waals surface area contributed by atoms with Crippen molar-refractivity contribution in [2.75, 3.05) is 0 Å². The van der Waals surface area contributed by atoms with Crippen molar-refractivity contribution >= 4 is 24.0 Å². The Hall–Kier alpha value is -0.773. The first-order valence-electron chi connectivity index (χ1n) is 5.20. The van der Waals surface area contributed by atoms with E-state index in [9.17, 15) is 0 Å². The van der Waals surface area contributed by atoms with Gasteiger partial charge in [0.15, 0.2) is 0 Å². The largest absolute Gasteiger partial charge is 0.0917 e. The first-order chi connectivity index (χ1) is 7.46. The third-order valence-corrected chi connectivity index (χ3v) is 9.01.